The van der Waals surface area contributed by atoms with Gasteiger partial charge in [-0.15, -0.1) is 0 Å². The van der Waals surface area contributed by atoms with E-state index in [0.717, 1.165) is 18.4 Å². The first-order valence-electron chi connectivity index (χ1n) is 11.1. The number of rotatable bonds is 17. The van der Waals surface area contributed by atoms with Gasteiger partial charge in [0.05, 0.1) is 0 Å². The van der Waals surface area contributed by atoms with E-state index in [2.05, 4.69) is 6.92 Å². The van der Waals surface area contributed by atoms with Gasteiger partial charge in [-0.3, -0.25) is 4.79 Å². The van der Waals surface area contributed by atoms with Crippen molar-refractivity contribution >= 4 is 5.97 Å². The minimum atomic E-state index is -0.759. The van der Waals surface area contributed by atoms with Gasteiger partial charge in [-0.1, -0.05) is 102 Å². The second kappa shape index (κ2) is 15.5. The van der Waals surface area contributed by atoms with Crippen molar-refractivity contribution < 1.29 is 15.0 Å². The summed E-state index contributed by atoms with van der Waals surface area (Å²) in [6.45, 7) is 2.26. The van der Waals surface area contributed by atoms with E-state index in [9.17, 15) is 9.90 Å². The lowest BCUT2D eigenvalue weighted by Crippen LogP contribution is -2.04. The van der Waals surface area contributed by atoms with Gasteiger partial charge in [0, 0.05) is 6.42 Å². The third-order valence-electron chi connectivity index (χ3n) is 5.49. The average molecular weight is 377 g/mol. The molecule has 0 fully saturated rings. The molecule has 0 spiro atoms. The number of hydrogen-bond donors (Lipinski definition) is 2. The van der Waals surface area contributed by atoms with Crippen LogP contribution < -0.4 is 0 Å². The second-order valence-corrected chi connectivity index (χ2v) is 7.87. The van der Waals surface area contributed by atoms with Gasteiger partial charge < -0.3 is 10.2 Å². The molecule has 3 heteroatoms. The number of carboxylic acid groups (broad SMARTS) is 1. The maximum Gasteiger partial charge on any atom is 0.303 e. The molecule has 0 radical (unpaired) electrons. The van der Waals surface area contributed by atoms with E-state index >= 15 is 0 Å². The Balaban J connectivity index is 2.15. The van der Waals surface area contributed by atoms with E-state index in [4.69, 9.17) is 5.11 Å². The van der Waals surface area contributed by atoms with E-state index in [1.807, 2.05) is 18.2 Å². The Kier molecular flexibility index (Phi) is 13.5. The zero-order valence-corrected chi connectivity index (χ0v) is 17.3. The highest BCUT2D eigenvalue weighted by Crippen LogP contribution is 2.33. The van der Waals surface area contributed by atoms with Gasteiger partial charge in [0.2, 0.25) is 0 Å². The summed E-state index contributed by atoms with van der Waals surface area (Å²) < 4.78 is 0. The lowest BCUT2D eigenvalue weighted by Gasteiger charge is -2.17. The molecule has 1 rings (SSSR count). The molecule has 0 saturated heterocycles. The van der Waals surface area contributed by atoms with Crippen LogP contribution in [0.1, 0.15) is 115 Å². The maximum atomic E-state index is 10.9. The predicted octanol–water partition coefficient (Wildman–Crippen LogP) is 7.43. The Morgan fingerprint density at radius 2 is 1.33 bits per heavy atom. The molecule has 2 N–H and O–H groups in total. The Hall–Kier alpha value is -1.51. The van der Waals surface area contributed by atoms with Crippen molar-refractivity contribution in [1.29, 1.82) is 0 Å². The fourth-order valence-corrected chi connectivity index (χ4v) is 3.82. The lowest BCUT2D eigenvalue weighted by molar-refractivity contribution is -0.137. The number of aliphatic carboxylic acids is 1. The summed E-state index contributed by atoms with van der Waals surface area (Å²) in [5.74, 6) is -0.317. The maximum absolute atomic E-state index is 10.9. The van der Waals surface area contributed by atoms with E-state index in [-0.39, 0.29) is 12.3 Å². The van der Waals surface area contributed by atoms with Crippen LogP contribution in [0.3, 0.4) is 0 Å². The largest absolute Gasteiger partial charge is 0.508 e. The molecule has 0 amide bonds. The molecule has 1 aromatic rings. The molecule has 3 nitrogen and oxygen atoms in total. The summed E-state index contributed by atoms with van der Waals surface area (Å²) in [6, 6.07) is 7.37. The molecule has 27 heavy (non-hydrogen) atoms. The van der Waals surface area contributed by atoms with Gasteiger partial charge in [0.1, 0.15) is 5.75 Å². The van der Waals surface area contributed by atoms with E-state index in [0.29, 0.717) is 12.2 Å². The van der Waals surface area contributed by atoms with Crippen molar-refractivity contribution in [1.82, 2.24) is 0 Å². The summed E-state index contributed by atoms with van der Waals surface area (Å²) in [5, 5.41) is 19.1. The van der Waals surface area contributed by atoms with Crippen LogP contribution in [0.15, 0.2) is 24.3 Å². The number of hydrogen-bond acceptors (Lipinski definition) is 2. The smallest absolute Gasteiger partial charge is 0.303 e. The molecular weight excluding hydrogens is 336 g/mol. The van der Waals surface area contributed by atoms with E-state index in [1.54, 1.807) is 6.07 Å². The van der Waals surface area contributed by atoms with Crippen molar-refractivity contribution in [2.24, 2.45) is 0 Å². The third-order valence-corrected chi connectivity index (χ3v) is 5.49. The van der Waals surface area contributed by atoms with Crippen molar-refractivity contribution in [3.8, 4) is 5.75 Å². The van der Waals surface area contributed by atoms with Gasteiger partial charge in [-0.2, -0.15) is 0 Å². The number of carboxylic acids is 1. The molecule has 1 aromatic carbocycles. The minimum absolute atomic E-state index is 0.144. The fourth-order valence-electron chi connectivity index (χ4n) is 3.82. The predicted molar refractivity (Wildman–Crippen MR) is 113 cm³/mol. The molecule has 1 unspecified atom stereocenters. The highest BCUT2D eigenvalue weighted by atomic mass is 16.4. The van der Waals surface area contributed by atoms with Crippen LogP contribution >= 0.6 is 0 Å². The van der Waals surface area contributed by atoms with Gasteiger partial charge in [0.25, 0.3) is 0 Å². The summed E-state index contributed by atoms with van der Waals surface area (Å²) in [7, 11) is 0. The first kappa shape index (κ1) is 23.5. The minimum Gasteiger partial charge on any atom is -0.508 e. The van der Waals surface area contributed by atoms with E-state index < -0.39 is 5.97 Å². The molecule has 1 atom stereocenters. The quantitative estimate of drug-likeness (QED) is 0.278. The molecule has 0 saturated carbocycles. The molecule has 0 aliphatic carbocycles. The number of phenols is 1. The van der Waals surface area contributed by atoms with Crippen LogP contribution in [0.2, 0.25) is 0 Å². The number of aromatic hydroxyl groups is 1. The monoisotopic (exact) mass is 376 g/mol. The molecule has 0 aromatic heterocycles. The molecule has 154 valence electrons. The zero-order chi connectivity index (χ0) is 19.7. The van der Waals surface area contributed by atoms with Gasteiger partial charge in [-0.05, 0) is 30.4 Å². The van der Waals surface area contributed by atoms with Crippen LogP contribution in [0.4, 0.5) is 0 Å². The zero-order valence-electron chi connectivity index (χ0n) is 17.3. The van der Waals surface area contributed by atoms with Gasteiger partial charge >= 0.3 is 5.97 Å². The normalized spacial score (nSPS) is 12.2. The molecule has 0 heterocycles. The Bertz CT molecular complexity index is 498. The standard InChI is InChI=1S/C24H40O3/c1-2-3-4-5-6-7-8-9-10-11-12-13-16-21(19-20-24(26)27)22-17-14-15-18-23(22)25/h14-15,17-18,21,25H,2-13,16,19-20H2,1H3,(H,26,27). The summed E-state index contributed by atoms with van der Waals surface area (Å²) in [5.41, 5.74) is 0.904. The Labute approximate surface area is 166 Å². The summed E-state index contributed by atoms with van der Waals surface area (Å²) >= 11 is 0. The van der Waals surface area contributed by atoms with Crippen LogP contribution in [-0.2, 0) is 4.79 Å². The van der Waals surface area contributed by atoms with Crippen molar-refractivity contribution in [3.05, 3.63) is 29.8 Å². The number of phenolic OH excluding ortho intramolecular Hbond substituents is 1. The number of unbranched alkanes of at least 4 members (excludes halogenated alkanes) is 11. The Morgan fingerprint density at radius 1 is 0.815 bits per heavy atom. The third kappa shape index (κ3) is 11.7. The fraction of sp³-hybridized carbons (Fsp3) is 0.708. The summed E-state index contributed by atoms with van der Waals surface area (Å²) in [4.78, 5) is 10.9. The van der Waals surface area contributed by atoms with Crippen molar-refractivity contribution in [2.45, 2.75) is 109 Å². The lowest BCUT2D eigenvalue weighted by atomic mass is 9.88. The summed E-state index contributed by atoms with van der Waals surface area (Å²) in [6.07, 6.45) is 17.6. The average Bonchev–Trinajstić information content (AvgIpc) is 2.65. The first-order chi connectivity index (χ1) is 13.1. The van der Waals surface area contributed by atoms with Gasteiger partial charge in [0.15, 0.2) is 0 Å². The van der Waals surface area contributed by atoms with Crippen molar-refractivity contribution in [3.63, 3.8) is 0 Å². The Morgan fingerprint density at radius 3 is 1.85 bits per heavy atom. The van der Waals surface area contributed by atoms with Crippen molar-refractivity contribution in [2.75, 3.05) is 0 Å². The molecule has 0 aliphatic heterocycles. The van der Waals surface area contributed by atoms with E-state index in [1.165, 1.54) is 70.6 Å². The van der Waals surface area contributed by atoms with Crippen LogP contribution in [-0.4, -0.2) is 16.2 Å². The highest BCUT2D eigenvalue weighted by Gasteiger charge is 2.16. The van der Waals surface area contributed by atoms with Crippen LogP contribution in [0.25, 0.3) is 0 Å². The molecular formula is C24H40O3. The number of benzene rings is 1. The first-order valence-corrected chi connectivity index (χ1v) is 11.1. The highest BCUT2D eigenvalue weighted by molar-refractivity contribution is 5.66. The van der Waals surface area contributed by atoms with Gasteiger partial charge in [-0.25, -0.2) is 0 Å². The number of para-hydroxylation sites is 1. The molecule has 0 bridgehead atoms. The van der Waals surface area contributed by atoms with Crippen LogP contribution in [0.5, 0.6) is 5.75 Å². The SMILES string of the molecule is CCCCCCCCCCCCCCC(CCC(=O)O)c1ccccc1O. The second-order valence-electron chi connectivity index (χ2n) is 7.87. The topological polar surface area (TPSA) is 57.5 Å². The number of carbonyl (C=O) groups is 1. The molecule has 0 aliphatic rings. The van der Waals surface area contributed by atoms with Crippen LogP contribution in [0, 0.1) is 0 Å².